The molecule has 0 radical (unpaired) electrons. The van der Waals surface area contributed by atoms with Gasteiger partial charge in [0.25, 0.3) is 5.56 Å². The molecule has 0 bridgehead atoms. The van der Waals surface area contributed by atoms with Gasteiger partial charge in [0.2, 0.25) is 5.91 Å². The first-order valence-electron chi connectivity index (χ1n) is 10.4. The van der Waals surface area contributed by atoms with Crippen LogP contribution in [0.1, 0.15) is 24.0 Å². The predicted molar refractivity (Wildman–Crippen MR) is 124 cm³/mol. The van der Waals surface area contributed by atoms with Crippen molar-refractivity contribution in [1.82, 2.24) is 9.78 Å². The molecular formula is C24H25ClN4O2. The Labute approximate surface area is 186 Å². The lowest BCUT2D eigenvalue weighted by Gasteiger charge is -2.33. The quantitative estimate of drug-likeness (QED) is 0.660. The summed E-state index contributed by atoms with van der Waals surface area (Å²) in [5.74, 6) is 0.535. The smallest absolute Gasteiger partial charge is 0.271 e. The summed E-state index contributed by atoms with van der Waals surface area (Å²) in [7, 11) is 0. The molecule has 1 aromatic heterocycles. The molecule has 6 nitrogen and oxygen atoms in total. The molecule has 0 spiro atoms. The van der Waals surface area contributed by atoms with Crippen molar-refractivity contribution in [2.24, 2.45) is 5.92 Å². The van der Waals surface area contributed by atoms with Gasteiger partial charge in [-0.3, -0.25) is 9.59 Å². The van der Waals surface area contributed by atoms with Crippen molar-refractivity contribution in [3.05, 3.63) is 81.1 Å². The minimum atomic E-state index is -0.229. The lowest BCUT2D eigenvalue weighted by atomic mass is 9.96. The summed E-state index contributed by atoms with van der Waals surface area (Å²) in [5, 5.41) is 8.18. The van der Waals surface area contributed by atoms with E-state index in [0.717, 1.165) is 36.2 Å². The fourth-order valence-corrected chi connectivity index (χ4v) is 4.05. The molecule has 0 aliphatic carbocycles. The monoisotopic (exact) mass is 436 g/mol. The zero-order chi connectivity index (χ0) is 22.0. The third-order valence-corrected chi connectivity index (χ3v) is 5.84. The maximum Gasteiger partial charge on any atom is 0.271 e. The van der Waals surface area contributed by atoms with Crippen molar-refractivity contribution in [2.75, 3.05) is 23.3 Å². The highest BCUT2D eigenvalue weighted by molar-refractivity contribution is 6.30. The van der Waals surface area contributed by atoms with E-state index >= 15 is 0 Å². The third-order valence-electron chi connectivity index (χ3n) is 5.61. The average Bonchev–Trinajstić information content (AvgIpc) is 2.76. The molecule has 4 rings (SSSR count). The first-order chi connectivity index (χ1) is 14.9. The molecule has 2 aromatic carbocycles. The molecule has 1 aliphatic heterocycles. The van der Waals surface area contributed by atoms with Crippen LogP contribution in [0, 0.1) is 19.8 Å². The SMILES string of the molecule is Cc1ccc(C)c(NC(=O)[C@@H]2CCCN(c3ccc(=O)n(-c4cccc(Cl)c4)n3)C2)c1. The van der Waals surface area contributed by atoms with Crippen LogP contribution in [0.5, 0.6) is 0 Å². The van der Waals surface area contributed by atoms with E-state index in [4.69, 9.17) is 11.6 Å². The van der Waals surface area contributed by atoms with Gasteiger partial charge < -0.3 is 10.2 Å². The maximum absolute atomic E-state index is 13.0. The van der Waals surface area contributed by atoms with Crippen molar-refractivity contribution in [3.8, 4) is 5.69 Å². The summed E-state index contributed by atoms with van der Waals surface area (Å²) in [6, 6.07) is 16.3. The fourth-order valence-electron chi connectivity index (χ4n) is 3.87. The number of anilines is 2. The van der Waals surface area contributed by atoms with Crippen molar-refractivity contribution >= 4 is 29.0 Å². The van der Waals surface area contributed by atoms with E-state index in [2.05, 4.69) is 15.3 Å². The summed E-state index contributed by atoms with van der Waals surface area (Å²) >= 11 is 6.08. The first-order valence-corrected chi connectivity index (χ1v) is 10.8. The van der Waals surface area contributed by atoms with Crippen LogP contribution >= 0.6 is 11.6 Å². The Balaban J connectivity index is 1.53. The molecule has 160 valence electrons. The summed E-state index contributed by atoms with van der Waals surface area (Å²) in [4.78, 5) is 27.4. The molecule has 1 aliphatic rings. The van der Waals surface area contributed by atoms with Crippen LogP contribution in [-0.2, 0) is 4.79 Å². The summed E-state index contributed by atoms with van der Waals surface area (Å²) in [6.45, 7) is 5.34. The Hall–Kier alpha value is -3.12. The Morgan fingerprint density at radius 1 is 1.13 bits per heavy atom. The standard InChI is InChI=1S/C24H25ClN4O2/c1-16-8-9-17(2)21(13-16)26-24(31)18-5-4-12-28(15-18)22-10-11-23(30)29(27-22)20-7-3-6-19(25)14-20/h3,6-11,13-14,18H,4-5,12,15H2,1-2H3,(H,26,31)/t18-/m1/s1. The second kappa shape index (κ2) is 8.94. The van der Waals surface area contributed by atoms with Crippen LogP contribution in [0.2, 0.25) is 5.02 Å². The molecule has 1 amide bonds. The van der Waals surface area contributed by atoms with Crippen LogP contribution in [0.15, 0.2) is 59.4 Å². The normalized spacial score (nSPS) is 16.2. The van der Waals surface area contributed by atoms with Gasteiger partial charge in [-0.2, -0.15) is 4.68 Å². The van der Waals surface area contributed by atoms with Gasteiger partial charge in [-0.15, -0.1) is 5.10 Å². The molecule has 1 atom stereocenters. The van der Waals surface area contributed by atoms with Gasteiger partial charge in [0.1, 0.15) is 5.82 Å². The third kappa shape index (κ3) is 4.80. The van der Waals surface area contributed by atoms with Gasteiger partial charge in [0, 0.05) is 29.9 Å². The van der Waals surface area contributed by atoms with Crippen LogP contribution in [0.3, 0.4) is 0 Å². The molecule has 31 heavy (non-hydrogen) atoms. The summed E-state index contributed by atoms with van der Waals surface area (Å²) < 4.78 is 1.35. The molecule has 1 saturated heterocycles. The van der Waals surface area contributed by atoms with Crippen molar-refractivity contribution in [1.29, 1.82) is 0 Å². The highest BCUT2D eigenvalue weighted by Gasteiger charge is 2.27. The number of halogens is 1. The Bertz CT molecular complexity index is 1170. The van der Waals surface area contributed by atoms with E-state index in [1.807, 2.05) is 32.0 Å². The van der Waals surface area contributed by atoms with E-state index in [1.165, 1.54) is 10.7 Å². The largest absolute Gasteiger partial charge is 0.354 e. The zero-order valence-electron chi connectivity index (χ0n) is 17.6. The number of aromatic nitrogens is 2. The fraction of sp³-hybridized carbons (Fsp3) is 0.292. The number of aryl methyl sites for hydroxylation is 2. The maximum atomic E-state index is 13.0. The number of benzene rings is 2. The molecule has 7 heteroatoms. The number of nitrogens with zero attached hydrogens (tertiary/aromatic N) is 3. The predicted octanol–water partition coefficient (Wildman–Crippen LogP) is 4.36. The van der Waals surface area contributed by atoms with E-state index in [9.17, 15) is 9.59 Å². The van der Waals surface area contributed by atoms with E-state index in [0.29, 0.717) is 23.1 Å². The molecule has 1 fully saturated rings. The average molecular weight is 437 g/mol. The van der Waals surface area contributed by atoms with E-state index in [-0.39, 0.29) is 17.4 Å². The van der Waals surface area contributed by atoms with Gasteiger partial charge in [-0.05, 0) is 68.1 Å². The molecule has 0 saturated carbocycles. The van der Waals surface area contributed by atoms with Gasteiger partial charge in [-0.1, -0.05) is 29.8 Å². The van der Waals surface area contributed by atoms with Gasteiger partial charge >= 0.3 is 0 Å². The molecule has 3 aromatic rings. The number of carbonyl (C=O) groups excluding carboxylic acids is 1. The molecule has 0 unspecified atom stereocenters. The van der Waals surface area contributed by atoms with Gasteiger partial charge in [0.15, 0.2) is 0 Å². The van der Waals surface area contributed by atoms with Crippen molar-refractivity contribution in [2.45, 2.75) is 26.7 Å². The first kappa shape index (κ1) is 21.1. The molecular weight excluding hydrogens is 412 g/mol. The van der Waals surface area contributed by atoms with Gasteiger partial charge in [0.05, 0.1) is 11.6 Å². The molecule has 2 heterocycles. The lowest BCUT2D eigenvalue weighted by molar-refractivity contribution is -0.120. The summed E-state index contributed by atoms with van der Waals surface area (Å²) in [6.07, 6.45) is 1.70. The van der Waals surface area contributed by atoms with Crippen LogP contribution < -0.4 is 15.8 Å². The van der Waals surface area contributed by atoms with Crippen molar-refractivity contribution < 1.29 is 4.79 Å². The highest BCUT2D eigenvalue weighted by Crippen LogP contribution is 2.24. The minimum absolute atomic E-state index is 0.0153. The van der Waals surface area contributed by atoms with Crippen LogP contribution in [0.25, 0.3) is 5.69 Å². The Kier molecular flexibility index (Phi) is 6.09. The number of amides is 1. The summed E-state index contributed by atoms with van der Waals surface area (Å²) in [5.41, 5.74) is 3.39. The number of carbonyl (C=O) groups is 1. The number of piperidine rings is 1. The van der Waals surface area contributed by atoms with Crippen LogP contribution in [0.4, 0.5) is 11.5 Å². The van der Waals surface area contributed by atoms with Crippen molar-refractivity contribution in [3.63, 3.8) is 0 Å². The minimum Gasteiger partial charge on any atom is -0.354 e. The van der Waals surface area contributed by atoms with Crippen LogP contribution in [-0.4, -0.2) is 28.8 Å². The molecule has 1 N–H and O–H groups in total. The second-order valence-electron chi connectivity index (χ2n) is 8.01. The zero-order valence-corrected chi connectivity index (χ0v) is 18.4. The second-order valence-corrected chi connectivity index (χ2v) is 8.45. The number of rotatable bonds is 4. The number of nitrogens with one attached hydrogen (secondary N) is 1. The topological polar surface area (TPSA) is 67.2 Å². The number of hydrogen-bond donors (Lipinski definition) is 1. The van der Waals surface area contributed by atoms with E-state index in [1.54, 1.807) is 30.3 Å². The Morgan fingerprint density at radius 2 is 1.97 bits per heavy atom. The highest BCUT2D eigenvalue weighted by atomic mass is 35.5. The lowest BCUT2D eigenvalue weighted by Crippen LogP contribution is -2.41. The van der Waals surface area contributed by atoms with E-state index < -0.39 is 0 Å². The Morgan fingerprint density at radius 3 is 2.77 bits per heavy atom. The number of hydrogen-bond acceptors (Lipinski definition) is 4. The van der Waals surface area contributed by atoms with Gasteiger partial charge in [-0.25, -0.2) is 0 Å².